The lowest BCUT2D eigenvalue weighted by molar-refractivity contribution is 0.322. The molecule has 0 heterocycles. The van der Waals surface area contributed by atoms with E-state index in [4.69, 9.17) is 5.21 Å². The minimum atomic E-state index is 0.131. The molecular formula is C22H27NO2. The molecule has 0 saturated heterocycles. The standard InChI is InChI=1S/C22H27NO2/c1-14-10-18-19(22(4,5)9-8-21(18,2)3)12-17(14)16-7-6-15(13-23-25)11-20(16)24/h6-7,10-13,24-25H,8-9H2,1-5H3. The SMILES string of the molecule is Cc1cc2c(cc1-c1ccc(C=NO)cc1O)C(C)(C)CCC2(C)C. The van der Waals surface area contributed by atoms with Crippen molar-refractivity contribution in [3.63, 3.8) is 0 Å². The number of aryl methyl sites for hydroxylation is 1. The molecule has 0 unspecified atom stereocenters. The largest absolute Gasteiger partial charge is 0.507 e. The fourth-order valence-corrected chi connectivity index (χ4v) is 3.94. The monoisotopic (exact) mass is 337 g/mol. The van der Waals surface area contributed by atoms with Crippen LogP contribution >= 0.6 is 0 Å². The molecule has 2 aromatic carbocycles. The van der Waals surface area contributed by atoms with Gasteiger partial charge >= 0.3 is 0 Å². The third kappa shape index (κ3) is 3.04. The van der Waals surface area contributed by atoms with Crippen LogP contribution in [0, 0.1) is 6.92 Å². The summed E-state index contributed by atoms with van der Waals surface area (Å²) >= 11 is 0. The first-order valence-electron chi connectivity index (χ1n) is 8.82. The highest BCUT2D eigenvalue weighted by molar-refractivity contribution is 5.83. The van der Waals surface area contributed by atoms with Gasteiger partial charge in [-0.15, -0.1) is 0 Å². The van der Waals surface area contributed by atoms with E-state index in [2.05, 4.69) is 51.9 Å². The van der Waals surface area contributed by atoms with E-state index in [9.17, 15) is 5.11 Å². The highest BCUT2D eigenvalue weighted by atomic mass is 16.4. The third-order valence-electron chi connectivity index (χ3n) is 5.72. The lowest BCUT2D eigenvalue weighted by Gasteiger charge is -2.42. The first kappa shape index (κ1) is 17.5. The van der Waals surface area contributed by atoms with Gasteiger partial charge in [0.1, 0.15) is 5.75 Å². The van der Waals surface area contributed by atoms with Crippen molar-refractivity contribution >= 4 is 6.21 Å². The molecule has 0 aromatic heterocycles. The maximum absolute atomic E-state index is 10.5. The van der Waals surface area contributed by atoms with E-state index in [-0.39, 0.29) is 16.6 Å². The van der Waals surface area contributed by atoms with Crippen LogP contribution in [0.3, 0.4) is 0 Å². The summed E-state index contributed by atoms with van der Waals surface area (Å²) in [5.74, 6) is 0.202. The zero-order valence-electron chi connectivity index (χ0n) is 15.7. The van der Waals surface area contributed by atoms with Gasteiger partial charge in [0.25, 0.3) is 0 Å². The number of phenols is 1. The molecule has 132 valence electrons. The molecule has 3 nitrogen and oxygen atoms in total. The molecule has 1 aliphatic carbocycles. The minimum absolute atomic E-state index is 0.131. The lowest BCUT2D eigenvalue weighted by Crippen LogP contribution is -2.34. The number of hydrogen-bond acceptors (Lipinski definition) is 3. The van der Waals surface area contributed by atoms with E-state index in [1.54, 1.807) is 6.07 Å². The van der Waals surface area contributed by atoms with Gasteiger partial charge < -0.3 is 10.3 Å². The van der Waals surface area contributed by atoms with Crippen LogP contribution < -0.4 is 0 Å². The quantitative estimate of drug-likeness (QED) is 0.430. The number of oxime groups is 1. The Bertz CT molecular complexity index is 847. The summed E-state index contributed by atoms with van der Waals surface area (Å²) in [5, 5.41) is 22.2. The summed E-state index contributed by atoms with van der Waals surface area (Å²) in [4.78, 5) is 0. The average molecular weight is 337 g/mol. The van der Waals surface area contributed by atoms with Gasteiger partial charge in [-0.05, 0) is 76.6 Å². The Hall–Kier alpha value is -2.29. The van der Waals surface area contributed by atoms with E-state index in [0.29, 0.717) is 5.56 Å². The molecular weight excluding hydrogens is 310 g/mol. The number of rotatable bonds is 2. The van der Waals surface area contributed by atoms with Gasteiger partial charge in [-0.3, -0.25) is 0 Å². The molecule has 25 heavy (non-hydrogen) atoms. The predicted octanol–water partition coefficient (Wildman–Crippen LogP) is 5.52. The Balaban J connectivity index is 2.20. The number of hydrogen-bond donors (Lipinski definition) is 2. The van der Waals surface area contributed by atoms with Gasteiger partial charge in [0, 0.05) is 5.56 Å². The van der Waals surface area contributed by atoms with E-state index in [1.807, 2.05) is 12.1 Å². The molecule has 0 aliphatic heterocycles. The topological polar surface area (TPSA) is 52.8 Å². The van der Waals surface area contributed by atoms with Gasteiger partial charge in [-0.1, -0.05) is 45.0 Å². The Kier molecular flexibility index (Phi) is 4.14. The molecule has 3 heteroatoms. The molecule has 2 aromatic rings. The fraction of sp³-hybridized carbons (Fsp3) is 0.409. The van der Waals surface area contributed by atoms with E-state index in [1.165, 1.54) is 29.3 Å². The van der Waals surface area contributed by atoms with E-state index in [0.717, 1.165) is 17.5 Å². The second kappa shape index (κ2) is 5.91. The molecule has 0 bridgehead atoms. The second-order valence-corrected chi connectivity index (χ2v) is 8.50. The maximum Gasteiger partial charge on any atom is 0.124 e. The highest BCUT2D eigenvalue weighted by Gasteiger charge is 2.37. The zero-order valence-corrected chi connectivity index (χ0v) is 15.7. The van der Waals surface area contributed by atoms with Crippen LogP contribution in [-0.4, -0.2) is 16.5 Å². The van der Waals surface area contributed by atoms with Gasteiger partial charge in [0.2, 0.25) is 0 Å². The normalized spacial score (nSPS) is 18.3. The van der Waals surface area contributed by atoms with Crippen molar-refractivity contribution < 1.29 is 10.3 Å². The lowest BCUT2D eigenvalue weighted by atomic mass is 9.62. The molecule has 0 atom stereocenters. The number of aromatic hydroxyl groups is 1. The number of benzene rings is 2. The van der Waals surface area contributed by atoms with Gasteiger partial charge in [-0.25, -0.2) is 0 Å². The molecule has 0 radical (unpaired) electrons. The Morgan fingerprint density at radius 3 is 2.08 bits per heavy atom. The van der Waals surface area contributed by atoms with Crippen LogP contribution in [0.4, 0.5) is 0 Å². The van der Waals surface area contributed by atoms with E-state index >= 15 is 0 Å². The number of phenolic OH excluding ortho intramolecular Hbond substituents is 1. The first-order chi connectivity index (χ1) is 11.7. The number of nitrogens with zero attached hydrogens (tertiary/aromatic N) is 1. The Labute approximate surface area is 150 Å². The van der Waals surface area contributed by atoms with Gasteiger partial charge in [-0.2, -0.15) is 0 Å². The van der Waals surface area contributed by atoms with Crippen molar-refractivity contribution in [2.45, 2.75) is 58.3 Å². The Morgan fingerprint density at radius 2 is 1.52 bits per heavy atom. The van der Waals surface area contributed by atoms with Crippen molar-refractivity contribution in [2.75, 3.05) is 0 Å². The maximum atomic E-state index is 10.5. The Morgan fingerprint density at radius 1 is 0.920 bits per heavy atom. The van der Waals surface area contributed by atoms with Crippen molar-refractivity contribution in [3.8, 4) is 16.9 Å². The summed E-state index contributed by atoms with van der Waals surface area (Å²) < 4.78 is 0. The van der Waals surface area contributed by atoms with Gasteiger partial charge in [0.15, 0.2) is 0 Å². The third-order valence-corrected chi connectivity index (χ3v) is 5.72. The molecule has 2 N–H and O–H groups in total. The zero-order chi connectivity index (χ0) is 18.4. The molecule has 0 saturated carbocycles. The van der Waals surface area contributed by atoms with Crippen molar-refractivity contribution in [1.82, 2.24) is 0 Å². The van der Waals surface area contributed by atoms with Crippen LogP contribution in [0.25, 0.3) is 11.1 Å². The van der Waals surface area contributed by atoms with Crippen LogP contribution in [0.15, 0.2) is 35.5 Å². The van der Waals surface area contributed by atoms with Crippen LogP contribution in [-0.2, 0) is 10.8 Å². The fourth-order valence-electron chi connectivity index (χ4n) is 3.94. The summed E-state index contributed by atoms with van der Waals surface area (Å²) in [7, 11) is 0. The summed E-state index contributed by atoms with van der Waals surface area (Å²) in [5.41, 5.74) is 6.83. The first-order valence-corrected chi connectivity index (χ1v) is 8.82. The van der Waals surface area contributed by atoms with Crippen molar-refractivity contribution in [3.05, 3.63) is 52.6 Å². The average Bonchev–Trinajstić information content (AvgIpc) is 2.53. The summed E-state index contributed by atoms with van der Waals surface area (Å²) in [6.45, 7) is 11.4. The molecule has 1 aliphatic rings. The van der Waals surface area contributed by atoms with Gasteiger partial charge in [0.05, 0.1) is 6.21 Å². The second-order valence-electron chi connectivity index (χ2n) is 8.50. The molecule has 0 spiro atoms. The number of fused-ring (bicyclic) bond motifs is 1. The summed E-state index contributed by atoms with van der Waals surface area (Å²) in [6, 6.07) is 9.93. The molecule has 0 fully saturated rings. The highest BCUT2D eigenvalue weighted by Crippen LogP contribution is 2.48. The van der Waals surface area contributed by atoms with Crippen LogP contribution in [0.1, 0.15) is 62.8 Å². The van der Waals surface area contributed by atoms with Crippen molar-refractivity contribution in [2.24, 2.45) is 5.16 Å². The predicted molar refractivity (Wildman–Crippen MR) is 103 cm³/mol. The minimum Gasteiger partial charge on any atom is -0.507 e. The van der Waals surface area contributed by atoms with Crippen molar-refractivity contribution in [1.29, 1.82) is 0 Å². The molecule has 3 rings (SSSR count). The van der Waals surface area contributed by atoms with E-state index < -0.39 is 0 Å². The van der Waals surface area contributed by atoms with Crippen LogP contribution in [0.5, 0.6) is 5.75 Å². The van der Waals surface area contributed by atoms with Crippen LogP contribution in [0.2, 0.25) is 0 Å². The smallest absolute Gasteiger partial charge is 0.124 e. The molecule has 0 amide bonds. The summed E-state index contributed by atoms with van der Waals surface area (Å²) in [6.07, 6.45) is 3.66.